The molecular formula is C17H22FN3. The summed E-state index contributed by atoms with van der Waals surface area (Å²) in [6.45, 7) is 7.96. The molecule has 0 aliphatic rings. The van der Waals surface area contributed by atoms with Gasteiger partial charge in [0, 0.05) is 24.5 Å². The second kappa shape index (κ2) is 6.48. The van der Waals surface area contributed by atoms with Gasteiger partial charge in [-0.25, -0.2) is 4.39 Å². The van der Waals surface area contributed by atoms with E-state index >= 15 is 0 Å². The van der Waals surface area contributed by atoms with Gasteiger partial charge in [-0.2, -0.15) is 0 Å². The molecule has 2 rings (SSSR count). The molecule has 0 unspecified atom stereocenters. The van der Waals surface area contributed by atoms with E-state index in [4.69, 9.17) is 5.73 Å². The van der Waals surface area contributed by atoms with E-state index in [0.717, 1.165) is 24.5 Å². The summed E-state index contributed by atoms with van der Waals surface area (Å²) in [5.41, 5.74) is 9.68. The Bertz CT molecular complexity index is 604. The highest BCUT2D eigenvalue weighted by atomic mass is 19.1. The predicted molar refractivity (Wildman–Crippen MR) is 88.8 cm³/mol. The van der Waals surface area contributed by atoms with E-state index in [9.17, 15) is 4.39 Å². The normalized spacial score (nSPS) is 10.5. The van der Waals surface area contributed by atoms with Crippen LogP contribution in [0.5, 0.6) is 0 Å². The molecule has 0 heterocycles. The van der Waals surface area contributed by atoms with E-state index in [1.54, 1.807) is 13.0 Å². The fourth-order valence-electron chi connectivity index (χ4n) is 2.30. The SMILES string of the molecule is CCN(CC)c1ccc(Nc2cc(C)c(F)cc2N)cc1. The van der Waals surface area contributed by atoms with Gasteiger partial charge in [-0.05, 0) is 62.7 Å². The predicted octanol–water partition coefficient (Wildman–Crippen LogP) is 4.31. The van der Waals surface area contributed by atoms with Gasteiger partial charge in [-0.15, -0.1) is 0 Å². The number of nitrogen functional groups attached to an aromatic ring is 1. The van der Waals surface area contributed by atoms with Crippen LogP contribution in [0.1, 0.15) is 19.4 Å². The molecule has 3 N–H and O–H groups in total. The van der Waals surface area contributed by atoms with Crippen molar-refractivity contribution in [2.75, 3.05) is 29.0 Å². The molecule has 0 aromatic heterocycles. The number of aryl methyl sites for hydroxylation is 1. The van der Waals surface area contributed by atoms with E-state index in [1.807, 2.05) is 12.1 Å². The fourth-order valence-corrected chi connectivity index (χ4v) is 2.30. The Morgan fingerprint density at radius 2 is 1.71 bits per heavy atom. The van der Waals surface area contributed by atoms with Crippen LogP contribution in [0.3, 0.4) is 0 Å². The number of nitrogens with one attached hydrogen (secondary N) is 1. The highest BCUT2D eigenvalue weighted by Gasteiger charge is 2.06. The largest absolute Gasteiger partial charge is 0.397 e. The lowest BCUT2D eigenvalue weighted by Crippen LogP contribution is -2.21. The number of anilines is 4. The van der Waals surface area contributed by atoms with Gasteiger partial charge in [0.2, 0.25) is 0 Å². The first-order valence-corrected chi connectivity index (χ1v) is 7.22. The van der Waals surface area contributed by atoms with Gasteiger partial charge >= 0.3 is 0 Å². The average molecular weight is 287 g/mol. The standard InChI is InChI=1S/C17H22FN3/c1-4-21(5-2)14-8-6-13(7-9-14)20-17-10-12(3)15(18)11-16(17)19/h6-11,20H,4-5,19H2,1-3H3. The highest BCUT2D eigenvalue weighted by molar-refractivity contribution is 5.74. The van der Waals surface area contributed by atoms with Crippen molar-refractivity contribution < 1.29 is 4.39 Å². The minimum atomic E-state index is -0.282. The van der Waals surface area contributed by atoms with Crippen molar-refractivity contribution in [3.05, 3.63) is 47.8 Å². The molecule has 0 aliphatic carbocycles. The van der Waals surface area contributed by atoms with Gasteiger partial charge in [-0.1, -0.05) is 0 Å². The Morgan fingerprint density at radius 3 is 2.29 bits per heavy atom. The topological polar surface area (TPSA) is 41.3 Å². The summed E-state index contributed by atoms with van der Waals surface area (Å²) < 4.78 is 13.4. The molecular weight excluding hydrogens is 265 g/mol. The minimum absolute atomic E-state index is 0.282. The van der Waals surface area contributed by atoms with Crippen molar-refractivity contribution in [3.8, 4) is 0 Å². The van der Waals surface area contributed by atoms with Crippen molar-refractivity contribution in [2.45, 2.75) is 20.8 Å². The van der Waals surface area contributed by atoms with Crippen LogP contribution in [0, 0.1) is 12.7 Å². The molecule has 0 saturated heterocycles. The quantitative estimate of drug-likeness (QED) is 0.805. The summed E-state index contributed by atoms with van der Waals surface area (Å²) in [5.74, 6) is -0.282. The summed E-state index contributed by atoms with van der Waals surface area (Å²) in [4.78, 5) is 2.28. The second-order valence-corrected chi connectivity index (χ2v) is 5.03. The van der Waals surface area contributed by atoms with Crippen LogP contribution in [0.15, 0.2) is 36.4 Å². The van der Waals surface area contributed by atoms with Gasteiger partial charge in [0.1, 0.15) is 5.82 Å². The summed E-state index contributed by atoms with van der Waals surface area (Å²) in [6, 6.07) is 11.2. The third kappa shape index (κ3) is 3.45. The molecule has 0 bridgehead atoms. The van der Waals surface area contributed by atoms with E-state index in [0.29, 0.717) is 11.3 Å². The molecule has 21 heavy (non-hydrogen) atoms. The molecule has 0 spiro atoms. The van der Waals surface area contributed by atoms with E-state index < -0.39 is 0 Å². The molecule has 112 valence electrons. The molecule has 2 aromatic rings. The van der Waals surface area contributed by atoms with Crippen LogP contribution in [0.2, 0.25) is 0 Å². The minimum Gasteiger partial charge on any atom is -0.397 e. The Kier molecular flexibility index (Phi) is 4.68. The van der Waals surface area contributed by atoms with Gasteiger partial charge < -0.3 is 16.0 Å². The van der Waals surface area contributed by atoms with Crippen LogP contribution < -0.4 is 16.0 Å². The molecule has 0 radical (unpaired) electrons. The molecule has 0 atom stereocenters. The zero-order chi connectivity index (χ0) is 15.4. The van der Waals surface area contributed by atoms with Crippen molar-refractivity contribution >= 4 is 22.7 Å². The first kappa shape index (κ1) is 15.2. The fraction of sp³-hybridized carbons (Fsp3) is 0.294. The van der Waals surface area contributed by atoms with E-state index in [-0.39, 0.29) is 5.82 Å². The lowest BCUT2D eigenvalue weighted by atomic mass is 10.1. The molecule has 2 aromatic carbocycles. The molecule has 0 aliphatic heterocycles. The van der Waals surface area contributed by atoms with Crippen molar-refractivity contribution in [1.29, 1.82) is 0 Å². The van der Waals surface area contributed by atoms with Gasteiger partial charge in [0.25, 0.3) is 0 Å². The summed E-state index contributed by atoms with van der Waals surface area (Å²) >= 11 is 0. The van der Waals surface area contributed by atoms with E-state index in [2.05, 4.69) is 36.2 Å². The number of hydrogen-bond acceptors (Lipinski definition) is 3. The van der Waals surface area contributed by atoms with Crippen LogP contribution in [-0.2, 0) is 0 Å². The van der Waals surface area contributed by atoms with Crippen LogP contribution in [-0.4, -0.2) is 13.1 Å². The Hall–Kier alpha value is -2.23. The summed E-state index contributed by atoms with van der Waals surface area (Å²) in [7, 11) is 0. The molecule has 4 heteroatoms. The Labute approximate surface area is 125 Å². The third-order valence-corrected chi connectivity index (χ3v) is 3.61. The second-order valence-electron chi connectivity index (χ2n) is 5.03. The Morgan fingerprint density at radius 1 is 1.10 bits per heavy atom. The monoisotopic (exact) mass is 287 g/mol. The maximum Gasteiger partial charge on any atom is 0.128 e. The number of halogens is 1. The van der Waals surface area contributed by atoms with Gasteiger partial charge in [-0.3, -0.25) is 0 Å². The van der Waals surface area contributed by atoms with Crippen LogP contribution in [0.4, 0.5) is 27.1 Å². The molecule has 3 nitrogen and oxygen atoms in total. The van der Waals surface area contributed by atoms with Crippen molar-refractivity contribution in [2.24, 2.45) is 0 Å². The summed E-state index contributed by atoms with van der Waals surface area (Å²) in [5, 5.41) is 3.23. The van der Waals surface area contributed by atoms with Gasteiger partial charge in [0.15, 0.2) is 0 Å². The third-order valence-electron chi connectivity index (χ3n) is 3.61. The first-order valence-electron chi connectivity index (χ1n) is 7.22. The zero-order valence-electron chi connectivity index (χ0n) is 12.8. The molecule has 0 amide bonds. The number of nitrogens with zero attached hydrogens (tertiary/aromatic N) is 1. The van der Waals surface area contributed by atoms with Crippen molar-refractivity contribution in [3.63, 3.8) is 0 Å². The van der Waals surface area contributed by atoms with E-state index in [1.165, 1.54) is 11.8 Å². The zero-order valence-corrected chi connectivity index (χ0v) is 12.8. The maximum absolute atomic E-state index is 13.4. The smallest absolute Gasteiger partial charge is 0.128 e. The highest BCUT2D eigenvalue weighted by Crippen LogP contribution is 2.27. The number of hydrogen-bond donors (Lipinski definition) is 2. The average Bonchev–Trinajstić information content (AvgIpc) is 2.48. The molecule has 0 saturated carbocycles. The van der Waals surface area contributed by atoms with Crippen LogP contribution in [0.25, 0.3) is 0 Å². The lowest BCUT2D eigenvalue weighted by Gasteiger charge is -2.21. The summed E-state index contributed by atoms with van der Waals surface area (Å²) in [6.07, 6.45) is 0. The lowest BCUT2D eigenvalue weighted by molar-refractivity contribution is 0.619. The number of rotatable bonds is 5. The van der Waals surface area contributed by atoms with Crippen molar-refractivity contribution in [1.82, 2.24) is 0 Å². The first-order chi connectivity index (χ1) is 10.0. The maximum atomic E-state index is 13.4. The van der Waals surface area contributed by atoms with Gasteiger partial charge in [0.05, 0.1) is 11.4 Å². The number of nitrogens with two attached hydrogens (primary N) is 1. The Balaban J connectivity index is 2.19. The van der Waals surface area contributed by atoms with Crippen LogP contribution >= 0.6 is 0 Å². The molecule has 0 fully saturated rings. The number of benzene rings is 2.